The summed E-state index contributed by atoms with van der Waals surface area (Å²) >= 11 is 1.86. The van der Waals surface area contributed by atoms with Crippen molar-refractivity contribution in [3.8, 4) is 28.1 Å². The summed E-state index contributed by atoms with van der Waals surface area (Å²) < 4.78 is 4.92. The van der Waals surface area contributed by atoms with Gasteiger partial charge in [0.2, 0.25) is 0 Å². The molecule has 0 aliphatic rings. The Labute approximate surface area is 223 Å². The third kappa shape index (κ3) is 3.14. The Morgan fingerprint density at radius 3 is 2.21 bits per heavy atom. The highest BCUT2D eigenvalue weighted by molar-refractivity contribution is 7.26. The zero-order chi connectivity index (χ0) is 25.1. The number of hydrogen-bond acceptors (Lipinski definition) is 3. The van der Waals surface area contributed by atoms with Crippen LogP contribution in [0.25, 0.3) is 70.2 Å². The molecule has 0 fully saturated rings. The maximum absolute atomic E-state index is 4.86. The number of aromatic nitrogens is 3. The molecule has 4 aromatic carbocycles. The lowest BCUT2D eigenvalue weighted by molar-refractivity contribution is 1.14. The van der Waals surface area contributed by atoms with Gasteiger partial charge >= 0.3 is 0 Å². The quantitative estimate of drug-likeness (QED) is 0.240. The van der Waals surface area contributed by atoms with Crippen molar-refractivity contribution in [2.45, 2.75) is 0 Å². The number of thiophene rings is 1. The van der Waals surface area contributed by atoms with Crippen LogP contribution in [0.2, 0.25) is 0 Å². The Morgan fingerprint density at radius 1 is 0.605 bits per heavy atom. The van der Waals surface area contributed by atoms with E-state index in [-0.39, 0.29) is 0 Å². The Balaban J connectivity index is 1.45. The molecule has 0 radical (unpaired) electrons. The van der Waals surface area contributed by atoms with E-state index >= 15 is 0 Å². The van der Waals surface area contributed by atoms with Crippen LogP contribution in [0.3, 0.4) is 0 Å². The first-order valence-electron chi connectivity index (χ1n) is 12.7. The molecule has 0 saturated carbocycles. The van der Waals surface area contributed by atoms with Crippen molar-refractivity contribution in [1.82, 2.24) is 14.5 Å². The van der Waals surface area contributed by atoms with Crippen LogP contribution < -0.4 is 0 Å². The van der Waals surface area contributed by atoms with Crippen molar-refractivity contribution in [2.24, 2.45) is 0 Å². The van der Waals surface area contributed by atoms with E-state index in [1.165, 1.54) is 36.8 Å². The van der Waals surface area contributed by atoms with Crippen LogP contribution in [0, 0.1) is 0 Å². The molecule has 8 aromatic rings. The fourth-order valence-corrected chi connectivity index (χ4v) is 6.85. The molecule has 0 bridgehead atoms. The standard InChI is InChI=1S/C34H21N3S/c1-3-9-22(10-4-1)25-13-7-14-26-31-30(38-34(25)26)19-17-27-32-29(15-8-20-35-32)37(33(27)31)24-16-18-28(36-21-24)23-11-5-2-6-12-23/h1-21H. The average Bonchev–Trinajstić information content (AvgIpc) is 3.54. The Kier molecular flexibility index (Phi) is 4.69. The van der Waals surface area contributed by atoms with Crippen LogP contribution in [0.4, 0.5) is 0 Å². The first kappa shape index (κ1) is 21.3. The van der Waals surface area contributed by atoms with E-state index in [0.717, 1.165) is 33.4 Å². The zero-order valence-electron chi connectivity index (χ0n) is 20.4. The van der Waals surface area contributed by atoms with Crippen LogP contribution in [-0.4, -0.2) is 14.5 Å². The summed E-state index contributed by atoms with van der Waals surface area (Å²) in [4.78, 5) is 9.68. The second-order valence-corrected chi connectivity index (χ2v) is 10.5. The van der Waals surface area contributed by atoms with Crippen molar-refractivity contribution in [2.75, 3.05) is 0 Å². The molecule has 8 rings (SSSR count). The highest BCUT2D eigenvalue weighted by Gasteiger charge is 2.20. The molecule has 4 heterocycles. The molecule has 0 unspecified atom stereocenters. The largest absolute Gasteiger partial charge is 0.305 e. The number of nitrogens with zero attached hydrogens (tertiary/aromatic N) is 3. The summed E-state index contributed by atoms with van der Waals surface area (Å²) in [6.07, 6.45) is 3.86. The van der Waals surface area contributed by atoms with Gasteiger partial charge in [0.25, 0.3) is 0 Å². The smallest absolute Gasteiger partial charge is 0.0963 e. The summed E-state index contributed by atoms with van der Waals surface area (Å²) in [6, 6.07) is 40.6. The van der Waals surface area contributed by atoms with E-state index in [2.05, 4.69) is 95.6 Å². The molecule has 3 nitrogen and oxygen atoms in total. The van der Waals surface area contributed by atoms with Gasteiger partial charge < -0.3 is 4.57 Å². The van der Waals surface area contributed by atoms with Gasteiger partial charge in [0.1, 0.15) is 0 Å². The van der Waals surface area contributed by atoms with Crippen molar-refractivity contribution in [3.05, 3.63) is 128 Å². The summed E-state index contributed by atoms with van der Waals surface area (Å²) in [5.74, 6) is 0. The van der Waals surface area contributed by atoms with Crippen molar-refractivity contribution >= 4 is 53.4 Å². The predicted molar refractivity (Wildman–Crippen MR) is 160 cm³/mol. The summed E-state index contributed by atoms with van der Waals surface area (Å²) in [7, 11) is 0. The normalized spacial score (nSPS) is 11.7. The maximum Gasteiger partial charge on any atom is 0.0963 e. The molecule has 0 atom stereocenters. The molecular weight excluding hydrogens is 482 g/mol. The van der Waals surface area contributed by atoms with Gasteiger partial charge in [-0.25, -0.2) is 0 Å². The monoisotopic (exact) mass is 503 g/mol. The second-order valence-electron chi connectivity index (χ2n) is 9.46. The topological polar surface area (TPSA) is 30.7 Å². The van der Waals surface area contributed by atoms with E-state index in [4.69, 9.17) is 9.97 Å². The highest BCUT2D eigenvalue weighted by atomic mass is 32.1. The van der Waals surface area contributed by atoms with Crippen LogP contribution in [0.5, 0.6) is 0 Å². The number of benzene rings is 4. The van der Waals surface area contributed by atoms with Crippen LogP contribution >= 0.6 is 11.3 Å². The fourth-order valence-electron chi connectivity index (χ4n) is 5.61. The molecule has 178 valence electrons. The van der Waals surface area contributed by atoms with Gasteiger partial charge in [-0.3, -0.25) is 9.97 Å². The molecule has 0 saturated heterocycles. The SMILES string of the molecule is c1ccc(-c2ccc(-n3c4cccnc4c4ccc5sc6c(-c7ccccc7)cccc6c5c43)cn2)cc1. The number of rotatable bonds is 3. The van der Waals surface area contributed by atoms with Gasteiger partial charge in [-0.05, 0) is 47.5 Å². The Morgan fingerprint density at radius 2 is 1.42 bits per heavy atom. The fraction of sp³-hybridized carbons (Fsp3) is 0. The Hall–Kier alpha value is -4.80. The first-order chi connectivity index (χ1) is 18.9. The third-order valence-electron chi connectivity index (χ3n) is 7.30. The van der Waals surface area contributed by atoms with E-state index < -0.39 is 0 Å². The Bertz CT molecular complexity index is 2110. The molecule has 0 aliphatic heterocycles. The van der Waals surface area contributed by atoms with Gasteiger partial charge in [-0.2, -0.15) is 0 Å². The molecule has 0 spiro atoms. The molecule has 38 heavy (non-hydrogen) atoms. The van der Waals surface area contributed by atoms with Crippen molar-refractivity contribution < 1.29 is 0 Å². The van der Waals surface area contributed by atoms with E-state index in [9.17, 15) is 0 Å². The lowest BCUT2D eigenvalue weighted by Gasteiger charge is -2.10. The zero-order valence-corrected chi connectivity index (χ0v) is 21.2. The first-order valence-corrected chi connectivity index (χ1v) is 13.5. The van der Waals surface area contributed by atoms with Crippen LogP contribution in [0.1, 0.15) is 0 Å². The minimum absolute atomic E-state index is 0.965. The van der Waals surface area contributed by atoms with Gasteiger partial charge in [0.15, 0.2) is 0 Å². The lowest BCUT2D eigenvalue weighted by Crippen LogP contribution is -1.96. The molecule has 4 heteroatoms. The van der Waals surface area contributed by atoms with Crippen LogP contribution in [0.15, 0.2) is 128 Å². The highest BCUT2D eigenvalue weighted by Crippen LogP contribution is 2.45. The molecule has 4 aromatic heterocycles. The summed E-state index contributed by atoms with van der Waals surface area (Å²) in [5, 5.41) is 3.70. The molecule has 0 amide bonds. The molecule has 0 aliphatic carbocycles. The maximum atomic E-state index is 4.86. The minimum atomic E-state index is 0.965. The second kappa shape index (κ2) is 8.37. The summed E-state index contributed by atoms with van der Waals surface area (Å²) in [6.45, 7) is 0. The lowest BCUT2D eigenvalue weighted by atomic mass is 10.0. The number of hydrogen-bond donors (Lipinski definition) is 0. The van der Waals surface area contributed by atoms with E-state index in [1.807, 2.05) is 48.0 Å². The van der Waals surface area contributed by atoms with E-state index in [0.29, 0.717) is 0 Å². The molecular formula is C34H21N3S. The number of fused-ring (bicyclic) bond motifs is 7. The van der Waals surface area contributed by atoms with Crippen LogP contribution in [-0.2, 0) is 0 Å². The predicted octanol–water partition coefficient (Wildman–Crippen LogP) is 9.28. The average molecular weight is 504 g/mol. The van der Waals surface area contributed by atoms with E-state index in [1.54, 1.807) is 0 Å². The van der Waals surface area contributed by atoms with Crippen molar-refractivity contribution in [1.29, 1.82) is 0 Å². The third-order valence-corrected chi connectivity index (χ3v) is 8.51. The van der Waals surface area contributed by atoms with Gasteiger partial charge in [0.05, 0.1) is 34.1 Å². The number of pyridine rings is 2. The summed E-state index contributed by atoms with van der Waals surface area (Å²) in [5.41, 5.74) is 8.90. The minimum Gasteiger partial charge on any atom is -0.305 e. The van der Waals surface area contributed by atoms with Crippen molar-refractivity contribution in [3.63, 3.8) is 0 Å². The van der Waals surface area contributed by atoms with Gasteiger partial charge in [0, 0.05) is 37.3 Å². The molecule has 0 N–H and O–H groups in total. The van der Waals surface area contributed by atoms with Gasteiger partial charge in [-0.15, -0.1) is 11.3 Å². The van der Waals surface area contributed by atoms with Gasteiger partial charge in [-0.1, -0.05) is 78.9 Å².